The minimum Gasteiger partial charge on any atom is -0.497 e. The number of methoxy groups -OCH3 is 4. The highest BCUT2D eigenvalue weighted by Gasteiger charge is 2.46. The number of fused-ring (bicyclic) bond motifs is 8. The fourth-order valence-electron chi connectivity index (χ4n) is 14.8. The van der Waals surface area contributed by atoms with Crippen LogP contribution < -0.4 is 69.9 Å². The zero-order chi connectivity index (χ0) is 74.1. The molecule has 7 aliphatic heterocycles. The highest BCUT2D eigenvalue weighted by molar-refractivity contribution is 5.85. The Bertz CT molecular complexity index is 4930. The van der Waals surface area contributed by atoms with Crippen LogP contribution in [0, 0.1) is 0 Å². The average Bonchev–Trinajstić information content (AvgIpc) is 1.58. The first kappa shape index (κ1) is 75.2. The molecule has 6 atom stereocenters. The second-order valence-electron chi connectivity index (χ2n) is 26.8. The molecular weight excluding hydrogens is 1390 g/mol. The van der Waals surface area contributed by atoms with E-state index in [0.29, 0.717) is 203 Å². The van der Waals surface area contributed by atoms with E-state index in [1.807, 2.05) is 64.4 Å². The normalized spacial score (nSPS) is 20.1. The third-order valence-corrected chi connectivity index (χ3v) is 20.5. The predicted molar refractivity (Wildman–Crippen MR) is 393 cm³/mol. The minimum atomic E-state index is -0.868. The van der Waals surface area contributed by atoms with Crippen LogP contribution in [-0.4, -0.2) is 232 Å². The molecule has 13 heterocycles. The van der Waals surface area contributed by atoms with Crippen LogP contribution in [0.1, 0.15) is 55.6 Å². The van der Waals surface area contributed by atoms with Crippen molar-refractivity contribution in [3.63, 3.8) is 0 Å². The van der Waals surface area contributed by atoms with Crippen molar-refractivity contribution in [1.82, 2.24) is 73.8 Å². The minimum absolute atomic E-state index is 0. The van der Waals surface area contributed by atoms with Gasteiger partial charge in [-0.2, -0.15) is 0 Å². The maximum atomic E-state index is 13.4. The number of aromatic nitrogens is 9. The first-order valence-corrected chi connectivity index (χ1v) is 35.8. The van der Waals surface area contributed by atoms with Crippen molar-refractivity contribution in [2.24, 2.45) is 0 Å². The molecule has 6 unspecified atom stereocenters. The number of esters is 1. The van der Waals surface area contributed by atoms with Crippen LogP contribution in [0.25, 0.3) is 33.1 Å². The summed E-state index contributed by atoms with van der Waals surface area (Å²) in [6.07, 6.45) is 13.2. The number of ether oxygens (including phenoxy) is 10. The lowest BCUT2D eigenvalue weighted by molar-refractivity contribution is -0.149. The van der Waals surface area contributed by atoms with Crippen LogP contribution in [0.3, 0.4) is 0 Å². The van der Waals surface area contributed by atoms with Gasteiger partial charge in [-0.25, -0.2) is 15.0 Å². The van der Waals surface area contributed by atoms with Crippen LogP contribution in [0.2, 0.25) is 0 Å². The number of carbonyl (C=O) groups excluding carboxylic acids is 2. The molecule has 4 saturated heterocycles. The van der Waals surface area contributed by atoms with Crippen LogP contribution in [0.5, 0.6) is 51.7 Å². The number of carboxylic acids is 1. The molecule has 2 bridgehead atoms. The molecule has 33 heteroatoms. The van der Waals surface area contributed by atoms with Gasteiger partial charge in [0.05, 0.1) is 135 Å². The molecule has 0 aliphatic carbocycles. The number of benzene rings is 3. The molecule has 3 aromatic carbocycles. The van der Waals surface area contributed by atoms with Crippen LogP contribution in [-0.2, 0) is 58.5 Å². The monoisotopic (exact) mass is 1480 g/mol. The SMILES string of the molecule is COC(=O)C1CC(NCc2cc3c(cn2)OCCO3)CCN1CCn1c(=O)cnc2ccc(OC)cc21.COc1ccc2ncc(=O)n(CCN3CCC(NCc4cc5c(cn4)OCCO5)CC3C(=O)O)c2c1.COc1ccc2ncc(=O)n(CN3CCC4CC3C(=O)N4Cc3cc4c(cn3)OCCO4)c2c1.[B]. The third kappa shape index (κ3) is 17.0. The van der Waals surface area contributed by atoms with Crippen molar-refractivity contribution in [3.05, 3.63) is 158 Å². The Kier molecular flexibility index (Phi) is 23.9. The van der Waals surface area contributed by atoms with Gasteiger partial charge in [0.2, 0.25) is 5.91 Å². The standard InChI is InChI=1S/C26H31N5O6.C25H29N5O6.C24H25N5O5.B/c1-34-19-3-4-20-21(13-19)31(25(32)16-29-20)8-7-30-6-5-17(11-22(30)26(33)35-2)27-14-18-12-23-24(15-28-18)37-10-9-36-23;1-34-18-2-3-19-20(12-18)30(24(31)15-28-19)7-6-29-5-4-16(10-21(29)25(32)33)26-13-17-11-22-23(14-27-17)36-9-8-35-22;1-32-17-2-3-18-19(10-17)29(23(30)12-26-18)14-27-5-4-16-9-20(27)24(31)28(16)13-15-8-21-22(11-25-15)34-7-6-33-21;/h3-4,12-13,15-17,22,27H,5-11,14H2,1-2H3;2-3,11-12,14-16,21,26H,4-10,13H2,1H3,(H,32,33);2-3,8,10-12,16,20H,4-7,9,13-14H2,1H3;. The van der Waals surface area contributed by atoms with E-state index in [9.17, 15) is 33.9 Å². The average molecular weight is 1480 g/mol. The van der Waals surface area contributed by atoms with Gasteiger partial charge in [0.15, 0.2) is 34.5 Å². The number of hydrogen-bond acceptors (Lipinski definition) is 27. The van der Waals surface area contributed by atoms with E-state index >= 15 is 0 Å². The Balaban J connectivity index is 0.000000142. The summed E-state index contributed by atoms with van der Waals surface area (Å²) in [7, 11) is 6.15. The summed E-state index contributed by atoms with van der Waals surface area (Å²) >= 11 is 0. The Morgan fingerprint density at radius 1 is 0.472 bits per heavy atom. The van der Waals surface area contributed by atoms with Gasteiger partial charge in [-0.15, -0.1) is 0 Å². The first-order valence-electron chi connectivity index (χ1n) is 35.8. The summed E-state index contributed by atoms with van der Waals surface area (Å²) in [4.78, 5) is 110. The lowest BCUT2D eigenvalue weighted by Gasteiger charge is -2.38. The van der Waals surface area contributed by atoms with Gasteiger partial charge in [-0.3, -0.25) is 63.0 Å². The Hall–Kier alpha value is -11.0. The highest BCUT2D eigenvalue weighted by atomic mass is 16.6. The van der Waals surface area contributed by atoms with E-state index in [-0.39, 0.29) is 61.1 Å². The zero-order valence-electron chi connectivity index (χ0n) is 60.5. The van der Waals surface area contributed by atoms with Crippen molar-refractivity contribution in [2.75, 3.05) is 101 Å². The largest absolute Gasteiger partial charge is 0.497 e. The molecule has 0 spiro atoms. The van der Waals surface area contributed by atoms with Gasteiger partial charge in [0.1, 0.15) is 69.0 Å². The number of nitrogens with zero attached hydrogens (tertiary/aromatic N) is 13. The van der Waals surface area contributed by atoms with Crippen LogP contribution >= 0.6 is 0 Å². The van der Waals surface area contributed by atoms with Crippen LogP contribution in [0.4, 0.5) is 0 Å². The number of hydrogen-bond donors (Lipinski definition) is 3. The second kappa shape index (κ2) is 34.3. The molecule has 9 aromatic rings. The lowest BCUT2D eigenvalue weighted by Crippen LogP contribution is -2.53. The predicted octanol–water partition coefficient (Wildman–Crippen LogP) is 3.67. The van der Waals surface area contributed by atoms with Gasteiger partial charge in [-0.1, -0.05) is 0 Å². The molecule has 3 radical (unpaired) electrons. The van der Waals surface area contributed by atoms with Crippen molar-refractivity contribution in [3.8, 4) is 51.7 Å². The second-order valence-corrected chi connectivity index (χ2v) is 26.8. The molecule has 32 nitrogen and oxygen atoms in total. The van der Waals surface area contributed by atoms with E-state index in [4.69, 9.17) is 47.4 Å². The number of amides is 1. The quantitative estimate of drug-likeness (QED) is 0.0682. The van der Waals surface area contributed by atoms with Gasteiger partial charge in [0, 0.05) is 122 Å². The van der Waals surface area contributed by atoms with Gasteiger partial charge in [0.25, 0.3) is 16.7 Å². The van der Waals surface area contributed by atoms with E-state index < -0.39 is 18.1 Å². The van der Waals surface area contributed by atoms with Crippen molar-refractivity contribution in [1.29, 1.82) is 0 Å². The van der Waals surface area contributed by atoms with Crippen molar-refractivity contribution >= 4 is 59.4 Å². The number of nitrogens with one attached hydrogen (secondary N) is 2. The molecule has 3 N–H and O–H groups in total. The summed E-state index contributed by atoms with van der Waals surface area (Å²) in [5.41, 5.74) is 5.96. The number of rotatable bonds is 21. The highest BCUT2D eigenvalue weighted by Crippen LogP contribution is 2.37. The number of piperidine rings is 3. The van der Waals surface area contributed by atoms with Crippen molar-refractivity contribution < 1.29 is 66.9 Å². The summed E-state index contributed by atoms with van der Waals surface area (Å²) in [6.45, 7) is 8.66. The van der Waals surface area contributed by atoms with E-state index in [0.717, 1.165) is 49.3 Å². The molecule has 565 valence electrons. The number of pyridine rings is 3. The molecule has 7 aliphatic rings. The van der Waals surface area contributed by atoms with E-state index in [1.165, 1.54) is 25.7 Å². The molecule has 16 rings (SSSR count). The topological polar surface area (TPSA) is 344 Å². The molecular formula is C75H85BN15O17. The Morgan fingerprint density at radius 3 is 1.33 bits per heavy atom. The zero-order valence-corrected chi connectivity index (χ0v) is 60.5. The van der Waals surface area contributed by atoms with Gasteiger partial charge < -0.3 is 77.1 Å². The first-order chi connectivity index (χ1) is 52.2. The van der Waals surface area contributed by atoms with E-state index in [1.54, 1.807) is 71.8 Å². The summed E-state index contributed by atoms with van der Waals surface area (Å²) in [5, 5.41) is 16.9. The number of aliphatic carboxylic acids is 1. The molecule has 1 amide bonds. The summed E-state index contributed by atoms with van der Waals surface area (Å²) < 4.78 is 59.6. The number of carboxylic acid groups (broad SMARTS) is 1. The lowest BCUT2D eigenvalue weighted by atomic mass is 9.96. The fourth-order valence-corrected chi connectivity index (χ4v) is 14.8. The van der Waals surface area contributed by atoms with Gasteiger partial charge >= 0.3 is 11.9 Å². The molecule has 4 fully saturated rings. The number of carbonyl (C=O) groups is 3. The smallest absolute Gasteiger partial charge is 0.323 e. The van der Waals surface area contributed by atoms with Gasteiger partial charge in [-0.05, 0) is 74.9 Å². The van der Waals surface area contributed by atoms with Crippen LogP contribution in [0.15, 0.2) is 124 Å². The third-order valence-electron chi connectivity index (χ3n) is 20.5. The molecule has 108 heavy (non-hydrogen) atoms. The van der Waals surface area contributed by atoms with E-state index in [2.05, 4.69) is 50.3 Å². The summed E-state index contributed by atoms with van der Waals surface area (Å²) in [6, 6.07) is 20.9. The maximum Gasteiger partial charge on any atom is 0.323 e. The Morgan fingerprint density at radius 2 is 0.880 bits per heavy atom. The molecule has 0 saturated carbocycles. The number of likely N-dealkylation sites (tertiary alicyclic amines) is 4. The van der Waals surface area contributed by atoms with Crippen molar-refractivity contribution in [2.45, 2.75) is 114 Å². The maximum absolute atomic E-state index is 13.4. The molecule has 6 aromatic heterocycles. The summed E-state index contributed by atoms with van der Waals surface area (Å²) in [5.74, 6) is 4.87. The fraction of sp³-hybridized carbons (Fsp3) is 0.440. The Labute approximate surface area is 622 Å².